The quantitative estimate of drug-likeness (QED) is 0.755. The van der Waals surface area contributed by atoms with Crippen LogP contribution in [0.15, 0.2) is 24.3 Å². The van der Waals surface area contributed by atoms with Crippen molar-refractivity contribution in [3.63, 3.8) is 0 Å². The Hall–Kier alpha value is -1.59. The number of carbonyl (C=O) groups is 1. The third-order valence-corrected chi connectivity index (χ3v) is 3.98. The molecule has 2 rings (SSSR count). The van der Waals surface area contributed by atoms with E-state index >= 15 is 0 Å². The van der Waals surface area contributed by atoms with Gasteiger partial charge in [0.05, 0.1) is 17.8 Å². The highest BCUT2D eigenvalue weighted by Crippen LogP contribution is 2.30. The number of carbonyl (C=O) groups excluding carboxylic acids is 1. The minimum Gasteiger partial charge on any atom is -0.388 e. The van der Waals surface area contributed by atoms with Crippen LogP contribution in [0.5, 0.6) is 0 Å². The second kappa shape index (κ2) is 7.32. The van der Waals surface area contributed by atoms with Crippen molar-refractivity contribution in [1.29, 1.82) is 0 Å². The van der Waals surface area contributed by atoms with Gasteiger partial charge in [-0.05, 0) is 51.2 Å². The van der Waals surface area contributed by atoms with Gasteiger partial charge in [-0.25, -0.2) is 4.79 Å². The first kappa shape index (κ1) is 17.8. The Morgan fingerprint density at radius 3 is 2.57 bits per heavy atom. The van der Waals surface area contributed by atoms with E-state index in [0.29, 0.717) is 19.7 Å². The van der Waals surface area contributed by atoms with Crippen LogP contribution in [0.3, 0.4) is 0 Å². The number of benzene rings is 1. The SMILES string of the molecule is CC(C)(C)OCc1cccc(CNC(=O)NCC2(O)CCC2)c1. The number of ether oxygens (including phenoxy) is 1. The van der Waals surface area contributed by atoms with Crippen molar-refractivity contribution >= 4 is 6.03 Å². The van der Waals surface area contributed by atoms with Gasteiger partial charge in [-0.3, -0.25) is 0 Å². The van der Waals surface area contributed by atoms with Gasteiger partial charge < -0.3 is 20.5 Å². The van der Waals surface area contributed by atoms with Crippen LogP contribution in [0.2, 0.25) is 0 Å². The number of urea groups is 1. The van der Waals surface area contributed by atoms with Crippen LogP contribution in [-0.4, -0.2) is 28.9 Å². The molecule has 0 atom stereocenters. The summed E-state index contributed by atoms with van der Waals surface area (Å²) in [5.74, 6) is 0. The minimum absolute atomic E-state index is 0.171. The number of nitrogens with one attached hydrogen (secondary N) is 2. The Kier molecular flexibility index (Phi) is 5.65. The van der Waals surface area contributed by atoms with Crippen LogP contribution >= 0.6 is 0 Å². The van der Waals surface area contributed by atoms with Crippen molar-refractivity contribution in [2.75, 3.05) is 6.54 Å². The summed E-state index contributed by atoms with van der Waals surface area (Å²) in [5.41, 5.74) is 1.25. The van der Waals surface area contributed by atoms with Crippen LogP contribution < -0.4 is 10.6 Å². The van der Waals surface area contributed by atoms with Gasteiger partial charge in [-0.1, -0.05) is 24.3 Å². The maximum atomic E-state index is 11.8. The zero-order chi connectivity index (χ0) is 16.9. The summed E-state index contributed by atoms with van der Waals surface area (Å²) in [6.45, 7) is 7.40. The molecule has 0 heterocycles. The Balaban J connectivity index is 1.75. The second-order valence-electron chi connectivity index (χ2n) is 7.34. The van der Waals surface area contributed by atoms with E-state index in [9.17, 15) is 9.90 Å². The second-order valence-corrected chi connectivity index (χ2v) is 7.34. The average molecular weight is 320 g/mol. The molecule has 1 aliphatic rings. The fourth-order valence-electron chi connectivity index (χ4n) is 2.38. The number of hydrogen-bond acceptors (Lipinski definition) is 3. The van der Waals surface area contributed by atoms with Crippen LogP contribution in [0.1, 0.15) is 51.2 Å². The molecule has 0 bridgehead atoms. The molecule has 0 aliphatic heterocycles. The van der Waals surface area contributed by atoms with Crippen molar-refractivity contribution in [2.24, 2.45) is 0 Å². The van der Waals surface area contributed by atoms with E-state index in [1.165, 1.54) is 0 Å². The van der Waals surface area contributed by atoms with Gasteiger partial charge >= 0.3 is 6.03 Å². The summed E-state index contributed by atoms with van der Waals surface area (Å²) >= 11 is 0. The summed E-state index contributed by atoms with van der Waals surface area (Å²) in [4.78, 5) is 11.8. The van der Waals surface area contributed by atoms with E-state index in [1.54, 1.807) is 0 Å². The maximum Gasteiger partial charge on any atom is 0.315 e. The Morgan fingerprint density at radius 1 is 1.26 bits per heavy atom. The molecule has 1 aromatic carbocycles. The van der Waals surface area contributed by atoms with Crippen molar-refractivity contribution in [3.8, 4) is 0 Å². The van der Waals surface area contributed by atoms with Crippen molar-refractivity contribution in [1.82, 2.24) is 10.6 Å². The summed E-state index contributed by atoms with van der Waals surface area (Å²) < 4.78 is 5.76. The molecule has 1 aromatic rings. The summed E-state index contributed by atoms with van der Waals surface area (Å²) in [7, 11) is 0. The molecule has 1 fully saturated rings. The first-order chi connectivity index (χ1) is 10.8. The molecular weight excluding hydrogens is 292 g/mol. The fourth-order valence-corrected chi connectivity index (χ4v) is 2.38. The maximum absolute atomic E-state index is 11.8. The Bertz CT molecular complexity index is 533. The highest BCUT2D eigenvalue weighted by molar-refractivity contribution is 5.73. The first-order valence-corrected chi connectivity index (χ1v) is 8.22. The van der Waals surface area contributed by atoms with E-state index in [1.807, 2.05) is 45.0 Å². The lowest BCUT2D eigenvalue weighted by atomic mass is 9.80. The lowest BCUT2D eigenvalue weighted by molar-refractivity contribution is -0.0290. The summed E-state index contributed by atoms with van der Waals surface area (Å²) in [5, 5.41) is 15.5. The summed E-state index contributed by atoms with van der Waals surface area (Å²) in [6, 6.07) is 7.74. The van der Waals surface area contributed by atoms with E-state index < -0.39 is 5.60 Å². The molecule has 0 saturated heterocycles. The number of hydrogen-bond donors (Lipinski definition) is 3. The molecule has 0 spiro atoms. The standard InChI is InChI=1S/C18H28N2O3/c1-17(2,3)23-12-15-7-4-6-14(10-15)11-19-16(21)20-13-18(22)8-5-9-18/h4,6-7,10,22H,5,8-9,11-13H2,1-3H3,(H2,19,20,21). The van der Waals surface area contributed by atoms with Crippen molar-refractivity contribution in [2.45, 2.75) is 64.4 Å². The monoisotopic (exact) mass is 320 g/mol. The number of amides is 2. The molecular formula is C18H28N2O3. The number of aliphatic hydroxyl groups is 1. The molecule has 5 heteroatoms. The zero-order valence-electron chi connectivity index (χ0n) is 14.3. The Morgan fingerprint density at radius 2 is 1.96 bits per heavy atom. The van der Waals surface area contributed by atoms with E-state index in [4.69, 9.17) is 4.74 Å². The van der Waals surface area contributed by atoms with Crippen LogP contribution in [0, 0.1) is 0 Å². The number of rotatable bonds is 6. The van der Waals surface area contributed by atoms with Gasteiger partial charge in [-0.2, -0.15) is 0 Å². The molecule has 5 nitrogen and oxygen atoms in total. The first-order valence-electron chi connectivity index (χ1n) is 8.22. The predicted molar refractivity (Wildman–Crippen MR) is 90.0 cm³/mol. The van der Waals surface area contributed by atoms with Crippen LogP contribution in [-0.2, 0) is 17.9 Å². The third kappa shape index (κ3) is 6.20. The molecule has 1 aliphatic carbocycles. The molecule has 23 heavy (non-hydrogen) atoms. The normalized spacial score (nSPS) is 16.5. The Labute approximate surface area is 138 Å². The van der Waals surface area contributed by atoms with Crippen LogP contribution in [0.25, 0.3) is 0 Å². The smallest absolute Gasteiger partial charge is 0.315 e. The van der Waals surface area contributed by atoms with Gasteiger partial charge in [0.2, 0.25) is 0 Å². The van der Waals surface area contributed by atoms with Gasteiger partial charge in [0.1, 0.15) is 0 Å². The van der Waals surface area contributed by atoms with Crippen LogP contribution in [0.4, 0.5) is 4.79 Å². The van der Waals surface area contributed by atoms with E-state index in [0.717, 1.165) is 30.4 Å². The zero-order valence-corrected chi connectivity index (χ0v) is 14.3. The molecule has 0 unspecified atom stereocenters. The van der Waals surface area contributed by atoms with Crippen molar-refractivity contribution < 1.29 is 14.6 Å². The van der Waals surface area contributed by atoms with Gasteiger partial charge in [0.25, 0.3) is 0 Å². The van der Waals surface area contributed by atoms with E-state index in [-0.39, 0.29) is 11.6 Å². The molecule has 128 valence electrons. The van der Waals surface area contributed by atoms with Crippen molar-refractivity contribution in [3.05, 3.63) is 35.4 Å². The molecule has 1 saturated carbocycles. The molecule has 3 N–H and O–H groups in total. The summed E-state index contributed by atoms with van der Waals surface area (Å²) in [6.07, 6.45) is 2.56. The fraction of sp³-hybridized carbons (Fsp3) is 0.611. The van der Waals surface area contributed by atoms with Gasteiger partial charge in [0.15, 0.2) is 0 Å². The van der Waals surface area contributed by atoms with Gasteiger partial charge in [0, 0.05) is 13.1 Å². The largest absolute Gasteiger partial charge is 0.388 e. The topological polar surface area (TPSA) is 70.6 Å². The molecule has 0 aromatic heterocycles. The highest BCUT2D eigenvalue weighted by atomic mass is 16.5. The third-order valence-electron chi connectivity index (χ3n) is 3.98. The average Bonchev–Trinajstić information content (AvgIpc) is 2.47. The lowest BCUT2D eigenvalue weighted by Gasteiger charge is -2.36. The van der Waals surface area contributed by atoms with E-state index in [2.05, 4.69) is 10.6 Å². The predicted octanol–water partition coefficient (Wildman–Crippen LogP) is 2.72. The molecule has 0 radical (unpaired) electrons. The highest BCUT2D eigenvalue weighted by Gasteiger charge is 2.34. The molecule has 2 amide bonds. The minimum atomic E-state index is -0.693. The van der Waals surface area contributed by atoms with Gasteiger partial charge in [-0.15, -0.1) is 0 Å². The lowest BCUT2D eigenvalue weighted by Crippen LogP contribution is -2.49.